The van der Waals surface area contributed by atoms with Crippen molar-refractivity contribution in [3.63, 3.8) is 0 Å². The summed E-state index contributed by atoms with van der Waals surface area (Å²) >= 11 is 0. The van der Waals surface area contributed by atoms with Gasteiger partial charge in [0.05, 0.1) is 0 Å². The van der Waals surface area contributed by atoms with E-state index in [0.29, 0.717) is 6.42 Å². The molecule has 0 aromatic heterocycles. The molecular formula is C15H26N2O. The van der Waals surface area contributed by atoms with Crippen LogP contribution >= 0.6 is 0 Å². The van der Waals surface area contributed by atoms with Gasteiger partial charge in [-0.1, -0.05) is 42.8 Å². The van der Waals surface area contributed by atoms with Gasteiger partial charge in [0, 0.05) is 32.6 Å². The molecule has 0 unspecified atom stereocenters. The molecule has 1 heterocycles. The first-order valence-corrected chi connectivity index (χ1v) is 6.59. The molecule has 102 valence electrons. The number of ketones is 1. The van der Waals surface area contributed by atoms with Crippen LogP contribution in [0.3, 0.4) is 0 Å². The monoisotopic (exact) mass is 250 g/mol. The lowest BCUT2D eigenvalue weighted by molar-refractivity contribution is -0.116. The number of piperazine rings is 1. The fourth-order valence-electron chi connectivity index (χ4n) is 1.14. The first-order valence-electron chi connectivity index (χ1n) is 6.59. The summed E-state index contributed by atoms with van der Waals surface area (Å²) in [5.41, 5.74) is 1.32. The Morgan fingerprint density at radius 1 is 1.06 bits per heavy atom. The number of carbonyl (C=O) groups is 1. The van der Waals surface area contributed by atoms with Gasteiger partial charge in [-0.3, -0.25) is 0 Å². The molecule has 1 aromatic rings. The van der Waals surface area contributed by atoms with E-state index in [1.807, 2.05) is 25.1 Å². The van der Waals surface area contributed by atoms with Gasteiger partial charge in [0.25, 0.3) is 0 Å². The zero-order valence-corrected chi connectivity index (χ0v) is 11.8. The highest BCUT2D eigenvalue weighted by Crippen LogP contribution is 1.92. The summed E-state index contributed by atoms with van der Waals surface area (Å²) < 4.78 is 0. The van der Waals surface area contributed by atoms with Crippen molar-refractivity contribution >= 4 is 5.78 Å². The topological polar surface area (TPSA) is 41.1 Å². The van der Waals surface area contributed by atoms with E-state index in [2.05, 4.69) is 29.7 Å². The van der Waals surface area contributed by atoms with E-state index in [4.69, 9.17) is 0 Å². The molecule has 0 radical (unpaired) electrons. The minimum absolute atomic E-state index is 0.255. The van der Waals surface area contributed by atoms with Gasteiger partial charge >= 0.3 is 0 Å². The van der Waals surface area contributed by atoms with Crippen LogP contribution in [0.5, 0.6) is 0 Å². The number of Topliss-reactive ketones (excluding diaryl/α,β-unsaturated/α-hetero) is 1. The van der Waals surface area contributed by atoms with Gasteiger partial charge in [-0.15, -0.1) is 0 Å². The number of rotatable bonds is 1. The van der Waals surface area contributed by atoms with Crippen LogP contribution in [-0.2, 0) is 4.79 Å². The summed E-state index contributed by atoms with van der Waals surface area (Å²) in [6.45, 7) is 10.1. The van der Waals surface area contributed by atoms with Crippen molar-refractivity contribution in [2.75, 3.05) is 26.2 Å². The van der Waals surface area contributed by atoms with Crippen molar-refractivity contribution in [1.29, 1.82) is 0 Å². The number of hydrogen-bond acceptors (Lipinski definition) is 3. The third kappa shape index (κ3) is 12.9. The van der Waals surface area contributed by atoms with Crippen LogP contribution in [0.15, 0.2) is 30.3 Å². The van der Waals surface area contributed by atoms with Gasteiger partial charge in [-0.2, -0.15) is 0 Å². The normalized spacial score (nSPS) is 13.5. The lowest BCUT2D eigenvalue weighted by atomic mass is 10.2. The van der Waals surface area contributed by atoms with Crippen molar-refractivity contribution < 1.29 is 4.79 Å². The minimum atomic E-state index is 0.255. The second kappa shape index (κ2) is 12.3. The molecule has 0 aliphatic carbocycles. The molecule has 1 aromatic carbocycles. The molecule has 2 rings (SSSR count). The number of aryl methyl sites for hydroxylation is 1. The van der Waals surface area contributed by atoms with Gasteiger partial charge in [0.15, 0.2) is 0 Å². The Hall–Kier alpha value is -1.19. The molecule has 1 aliphatic heterocycles. The third-order valence-electron chi connectivity index (χ3n) is 2.40. The Bertz CT molecular complexity index is 283. The standard InChI is InChI=1S/C7H8.C4H10N2.C4H8O/c1-7-5-3-2-4-6-7;1-2-6-4-3-5-1;1-3-4(2)5/h2-6H,1H3;5-6H,1-4H2;3H2,1-2H3. The van der Waals surface area contributed by atoms with Crippen molar-refractivity contribution in [2.24, 2.45) is 0 Å². The fourth-order valence-corrected chi connectivity index (χ4v) is 1.14. The van der Waals surface area contributed by atoms with E-state index in [1.54, 1.807) is 6.92 Å². The molecule has 0 atom stereocenters. The zero-order valence-electron chi connectivity index (χ0n) is 11.8. The molecule has 2 N–H and O–H groups in total. The molecule has 18 heavy (non-hydrogen) atoms. The summed E-state index contributed by atoms with van der Waals surface area (Å²) in [5, 5.41) is 6.44. The maximum atomic E-state index is 9.81. The Morgan fingerprint density at radius 2 is 1.44 bits per heavy atom. The predicted molar refractivity (Wildman–Crippen MR) is 77.9 cm³/mol. The summed E-state index contributed by atoms with van der Waals surface area (Å²) in [4.78, 5) is 9.81. The Balaban J connectivity index is 0.000000245. The molecule has 1 saturated heterocycles. The van der Waals surface area contributed by atoms with E-state index in [0.717, 1.165) is 26.2 Å². The third-order valence-corrected chi connectivity index (χ3v) is 2.40. The Labute approximate surface area is 111 Å². The Kier molecular flexibility index (Phi) is 11.5. The molecule has 1 aliphatic rings. The molecule has 0 saturated carbocycles. The van der Waals surface area contributed by atoms with E-state index >= 15 is 0 Å². The lowest BCUT2D eigenvalue weighted by Crippen LogP contribution is -2.39. The second-order valence-electron chi connectivity index (χ2n) is 4.21. The van der Waals surface area contributed by atoms with Crippen LogP contribution < -0.4 is 10.6 Å². The largest absolute Gasteiger partial charge is 0.314 e. The predicted octanol–water partition coefficient (Wildman–Crippen LogP) is 2.16. The zero-order chi connectivity index (χ0) is 13.6. The van der Waals surface area contributed by atoms with E-state index < -0.39 is 0 Å². The van der Waals surface area contributed by atoms with Crippen LogP contribution in [0.25, 0.3) is 0 Å². The second-order valence-corrected chi connectivity index (χ2v) is 4.21. The maximum Gasteiger partial charge on any atom is 0.129 e. The summed E-state index contributed by atoms with van der Waals surface area (Å²) in [5.74, 6) is 0.255. The van der Waals surface area contributed by atoms with Crippen molar-refractivity contribution in [2.45, 2.75) is 27.2 Å². The molecular weight excluding hydrogens is 224 g/mol. The van der Waals surface area contributed by atoms with E-state index in [-0.39, 0.29) is 5.78 Å². The highest BCUT2D eigenvalue weighted by atomic mass is 16.1. The number of nitrogens with one attached hydrogen (secondary N) is 2. The minimum Gasteiger partial charge on any atom is -0.314 e. The van der Waals surface area contributed by atoms with Gasteiger partial charge in [-0.05, 0) is 13.8 Å². The SMILES string of the molecule is C1CNCCN1.CCC(C)=O.Cc1ccccc1. The van der Waals surface area contributed by atoms with Gasteiger partial charge in [-0.25, -0.2) is 0 Å². The number of hydrogen-bond donors (Lipinski definition) is 2. The van der Waals surface area contributed by atoms with Crippen molar-refractivity contribution in [3.8, 4) is 0 Å². The number of benzene rings is 1. The number of carbonyl (C=O) groups excluding carboxylic acids is 1. The molecule has 0 spiro atoms. The molecule has 0 bridgehead atoms. The van der Waals surface area contributed by atoms with Crippen LogP contribution in [0.4, 0.5) is 0 Å². The molecule has 0 amide bonds. The molecule has 3 heteroatoms. The lowest BCUT2D eigenvalue weighted by Gasteiger charge is -2.11. The first-order chi connectivity index (χ1) is 8.66. The van der Waals surface area contributed by atoms with Crippen molar-refractivity contribution in [1.82, 2.24) is 10.6 Å². The average molecular weight is 250 g/mol. The van der Waals surface area contributed by atoms with E-state index in [1.165, 1.54) is 5.56 Å². The van der Waals surface area contributed by atoms with Crippen LogP contribution in [0, 0.1) is 6.92 Å². The smallest absolute Gasteiger partial charge is 0.129 e. The Morgan fingerprint density at radius 3 is 1.61 bits per heavy atom. The summed E-state index contributed by atoms with van der Waals surface area (Å²) in [6, 6.07) is 10.3. The van der Waals surface area contributed by atoms with Gasteiger partial charge < -0.3 is 15.4 Å². The van der Waals surface area contributed by atoms with Crippen LogP contribution in [-0.4, -0.2) is 32.0 Å². The fraction of sp³-hybridized carbons (Fsp3) is 0.533. The van der Waals surface area contributed by atoms with E-state index in [9.17, 15) is 4.79 Å². The first kappa shape index (κ1) is 16.8. The summed E-state index contributed by atoms with van der Waals surface area (Å²) in [7, 11) is 0. The highest BCUT2D eigenvalue weighted by molar-refractivity contribution is 5.74. The quantitative estimate of drug-likeness (QED) is 0.802. The molecule has 3 nitrogen and oxygen atoms in total. The van der Waals surface area contributed by atoms with Crippen LogP contribution in [0.1, 0.15) is 25.8 Å². The van der Waals surface area contributed by atoms with Gasteiger partial charge in [0.1, 0.15) is 5.78 Å². The molecule has 1 fully saturated rings. The van der Waals surface area contributed by atoms with Gasteiger partial charge in [0.2, 0.25) is 0 Å². The van der Waals surface area contributed by atoms with Crippen molar-refractivity contribution in [3.05, 3.63) is 35.9 Å². The maximum absolute atomic E-state index is 9.81. The summed E-state index contributed by atoms with van der Waals surface area (Å²) in [6.07, 6.45) is 0.667. The average Bonchev–Trinajstić information content (AvgIpc) is 2.43. The highest BCUT2D eigenvalue weighted by Gasteiger charge is 1.91. The van der Waals surface area contributed by atoms with Crippen LogP contribution in [0.2, 0.25) is 0 Å².